The van der Waals surface area contributed by atoms with Crippen LogP contribution in [0.25, 0.3) is 0 Å². The van der Waals surface area contributed by atoms with Gasteiger partial charge in [-0.15, -0.1) is 0 Å². The average Bonchev–Trinajstić information content (AvgIpc) is 2.26. The number of hydrogen-bond acceptors (Lipinski definition) is 2. The summed E-state index contributed by atoms with van der Waals surface area (Å²) in [4.78, 5) is 27.1. The van der Waals surface area contributed by atoms with Gasteiger partial charge in [-0.3, -0.25) is 4.79 Å². The highest BCUT2D eigenvalue weighted by atomic mass is 31.2. The summed E-state index contributed by atoms with van der Waals surface area (Å²) in [6, 6.07) is 0.786. The van der Waals surface area contributed by atoms with Crippen LogP contribution in [0.3, 0.4) is 0 Å². The number of carbonyl (C=O) groups is 1. The molecule has 0 aliphatic heterocycles. The minimum atomic E-state index is -4.56. The van der Waals surface area contributed by atoms with Crippen molar-refractivity contribution in [3.63, 3.8) is 0 Å². The first-order valence-corrected chi connectivity index (χ1v) is 8.01. The fourth-order valence-electron chi connectivity index (χ4n) is 1.58. The summed E-state index contributed by atoms with van der Waals surface area (Å²) < 4.78 is 10.2. The molecule has 0 saturated heterocycles. The molecule has 0 heterocycles. The minimum absolute atomic E-state index is 0.186. The molecule has 7 heteroatoms. The molecule has 0 aromatic carbocycles. The third kappa shape index (κ3) is 9.59. The van der Waals surface area contributed by atoms with Crippen LogP contribution in [0, 0.1) is 5.92 Å². The Morgan fingerprint density at radius 2 is 1.83 bits per heavy atom. The molecule has 1 rings (SSSR count). The monoisotopic (exact) mass is 281 g/mol. The van der Waals surface area contributed by atoms with Crippen molar-refractivity contribution < 1.29 is 24.9 Å². The van der Waals surface area contributed by atoms with Crippen LogP contribution in [0.2, 0.25) is 0 Å². The molecule has 1 saturated carbocycles. The molecule has 6 nitrogen and oxygen atoms in total. The standard InChI is InChI=1S/C6H13N.C5H12NO4P/c7-6-4-2-1-3-5-6;1-4(2)3-6-5(7)11(8,9)10/h6H,1-5,7H2;4H,3H2,1-2H3,(H,6,7)(H2,8,9,10)/p+1. The van der Waals surface area contributed by atoms with Gasteiger partial charge in [0.25, 0.3) is 0 Å². The number of hydrogen-bond donors (Lipinski definition) is 4. The van der Waals surface area contributed by atoms with Gasteiger partial charge in [0, 0.05) is 6.54 Å². The van der Waals surface area contributed by atoms with Gasteiger partial charge in [-0.25, -0.2) is 4.57 Å². The summed E-state index contributed by atoms with van der Waals surface area (Å²) in [5.74, 6) is 0.186. The SMILES string of the molecule is CC(C)CNC(=O)P(=O)(O)O.[NH3+]C1CCCCC1. The zero-order valence-corrected chi connectivity index (χ0v) is 12.2. The number of nitrogens with one attached hydrogen (secondary N) is 1. The Hall–Kier alpha value is -0.420. The van der Waals surface area contributed by atoms with E-state index in [2.05, 4.69) is 11.1 Å². The number of carbonyl (C=O) groups excluding carboxylic acids is 1. The molecule has 6 N–H and O–H groups in total. The van der Waals surface area contributed by atoms with Crippen molar-refractivity contribution in [3.05, 3.63) is 0 Å². The average molecular weight is 281 g/mol. The molecule has 0 atom stereocenters. The summed E-state index contributed by atoms with van der Waals surface area (Å²) in [6.45, 7) is 3.95. The predicted octanol–water partition coefficient (Wildman–Crippen LogP) is 1.09. The van der Waals surface area contributed by atoms with E-state index >= 15 is 0 Å². The largest absolute Gasteiger partial charge is 0.413 e. The van der Waals surface area contributed by atoms with Gasteiger partial charge in [0.05, 0.1) is 6.04 Å². The fourth-order valence-corrected chi connectivity index (χ4v) is 1.88. The van der Waals surface area contributed by atoms with Crippen LogP contribution in [-0.2, 0) is 4.57 Å². The lowest BCUT2D eigenvalue weighted by molar-refractivity contribution is -0.425. The van der Waals surface area contributed by atoms with Crippen LogP contribution < -0.4 is 11.1 Å². The molecule has 108 valence electrons. The molecule has 0 aromatic rings. The number of rotatable bonds is 3. The Morgan fingerprint density at radius 3 is 2.11 bits per heavy atom. The summed E-state index contributed by atoms with van der Waals surface area (Å²) in [5, 5.41) is 2.12. The molecule has 0 spiro atoms. The molecule has 0 bridgehead atoms. The van der Waals surface area contributed by atoms with Gasteiger partial charge in [-0.05, 0) is 31.6 Å². The van der Waals surface area contributed by atoms with E-state index in [1.807, 2.05) is 13.8 Å². The second kappa shape index (κ2) is 8.64. The molecular formula is C11H26N2O4P+. The van der Waals surface area contributed by atoms with Gasteiger partial charge >= 0.3 is 13.2 Å². The molecule has 0 unspecified atom stereocenters. The molecular weight excluding hydrogens is 255 g/mol. The highest BCUT2D eigenvalue weighted by molar-refractivity contribution is 7.69. The smallest absolute Gasteiger partial charge is 0.355 e. The maximum absolute atomic E-state index is 10.5. The van der Waals surface area contributed by atoms with E-state index in [0.29, 0.717) is 0 Å². The molecule has 1 fully saturated rings. The maximum Gasteiger partial charge on any atom is 0.413 e. The van der Waals surface area contributed by atoms with E-state index in [0.717, 1.165) is 6.04 Å². The van der Waals surface area contributed by atoms with E-state index in [1.54, 1.807) is 0 Å². The van der Waals surface area contributed by atoms with Crippen molar-refractivity contribution >= 4 is 13.2 Å². The first-order chi connectivity index (χ1) is 8.23. The third-order valence-electron chi connectivity index (χ3n) is 2.65. The Balaban J connectivity index is 0.000000351. The van der Waals surface area contributed by atoms with Gasteiger partial charge in [-0.1, -0.05) is 20.3 Å². The maximum atomic E-state index is 10.5. The van der Waals surface area contributed by atoms with E-state index < -0.39 is 13.2 Å². The lowest BCUT2D eigenvalue weighted by Gasteiger charge is -2.12. The summed E-state index contributed by atoms with van der Waals surface area (Å²) >= 11 is 0. The van der Waals surface area contributed by atoms with Crippen molar-refractivity contribution in [1.82, 2.24) is 5.32 Å². The van der Waals surface area contributed by atoms with Crippen molar-refractivity contribution in [1.29, 1.82) is 0 Å². The van der Waals surface area contributed by atoms with Crippen LogP contribution in [0.15, 0.2) is 0 Å². The molecule has 1 amide bonds. The Kier molecular flexibility index (Phi) is 8.44. The van der Waals surface area contributed by atoms with Crippen LogP contribution >= 0.6 is 7.60 Å². The van der Waals surface area contributed by atoms with E-state index in [4.69, 9.17) is 9.79 Å². The van der Waals surface area contributed by atoms with E-state index in [-0.39, 0.29) is 12.5 Å². The Bertz CT molecular complexity index is 285. The third-order valence-corrected chi connectivity index (χ3v) is 3.34. The fraction of sp³-hybridized carbons (Fsp3) is 0.909. The highest BCUT2D eigenvalue weighted by Gasteiger charge is 2.24. The van der Waals surface area contributed by atoms with Crippen LogP contribution in [0.1, 0.15) is 46.0 Å². The van der Waals surface area contributed by atoms with Gasteiger partial charge in [-0.2, -0.15) is 0 Å². The zero-order valence-electron chi connectivity index (χ0n) is 11.3. The van der Waals surface area contributed by atoms with Crippen LogP contribution in [0.5, 0.6) is 0 Å². The summed E-state index contributed by atoms with van der Waals surface area (Å²) in [5.41, 5.74) is 2.79. The summed E-state index contributed by atoms with van der Waals surface area (Å²) in [7, 11) is -4.56. The van der Waals surface area contributed by atoms with Gasteiger partial charge in [0.2, 0.25) is 0 Å². The first-order valence-electron chi connectivity index (χ1n) is 6.40. The lowest BCUT2D eigenvalue weighted by Crippen LogP contribution is -2.61. The van der Waals surface area contributed by atoms with Crippen LogP contribution in [0.4, 0.5) is 4.79 Å². The first kappa shape index (κ1) is 17.6. The van der Waals surface area contributed by atoms with E-state index in [1.165, 1.54) is 32.1 Å². The number of quaternary nitrogens is 1. The summed E-state index contributed by atoms with van der Waals surface area (Å²) in [6.07, 6.45) is 7.05. The zero-order chi connectivity index (χ0) is 14.2. The van der Waals surface area contributed by atoms with Crippen molar-refractivity contribution in [3.8, 4) is 0 Å². The number of amides is 1. The van der Waals surface area contributed by atoms with Crippen molar-refractivity contribution in [2.45, 2.75) is 52.0 Å². The predicted molar refractivity (Wildman–Crippen MR) is 70.0 cm³/mol. The quantitative estimate of drug-likeness (QED) is 0.580. The molecule has 0 radical (unpaired) electrons. The Morgan fingerprint density at radius 1 is 1.33 bits per heavy atom. The second-order valence-electron chi connectivity index (χ2n) is 5.13. The van der Waals surface area contributed by atoms with Gasteiger partial charge in [0.1, 0.15) is 0 Å². The van der Waals surface area contributed by atoms with Crippen LogP contribution in [-0.4, -0.2) is 28.0 Å². The molecule has 0 aromatic heterocycles. The highest BCUT2D eigenvalue weighted by Crippen LogP contribution is 2.34. The van der Waals surface area contributed by atoms with Gasteiger partial charge in [0.15, 0.2) is 0 Å². The molecule has 1 aliphatic rings. The normalized spacial score (nSPS) is 17.0. The van der Waals surface area contributed by atoms with Crippen molar-refractivity contribution in [2.75, 3.05) is 6.54 Å². The van der Waals surface area contributed by atoms with E-state index in [9.17, 15) is 9.36 Å². The second-order valence-corrected chi connectivity index (χ2v) is 6.62. The molecule has 1 aliphatic carbocycles. The molecule has 18 heavy (non-hydrogen) atoms. The minimum Gasteiger partial charge on any atom is -0.355 e. The van der Waals surface area contributed by atoms with Gasteiger partial charge < -0.3 is 20.8 Å². The lowest BCUT2D eigenvalue weighted by atomic mass is 9.97. The Labute approximate surface area is 108 Å². The van der Waals surface area contributed by atoms with Crippen molar-refractivity contribution in [2.24, 2.45) is 5.92 Å². The topological polar surface area (TPSA) is 114 Å².